The van der Waals surface area contributed by atoms with Gasteiger partial charge in [-0.3, -0.25) is 4.90 Å². The van der Waals surface area contributed by atoms with Gasteiger partial charge in [-0.05, 0) is 26.6 Å². The summed E-state index contributed by atoms with van der Waals surface area (Å²) in [5.74, 6) is 0. The van der Waals surface area contributed by atoms with Gasteiger partial charge < -0.3 is 10.1 Å². The van der Waals surface area contributed by atoms with Gasteiger partial charge in [0.2, 0.25) is 0 Å². The third-order valence-corrected chi connectivity index (χ3v) is 3.40. The molecule has 1 atom stereocenters. The van der Waals surface area contributed by atoms with E-state index in [1.165, 1.54) is 0 Å². The van der Waals surface area contributed by atoms with E-state index in [1.54, 1.807) is 0 Å². The van der Waals surface area contributed by atoms with Crippen molar-refractivity contribution in [3.63, 3.8) is 0 Å². The molecule has 1 unspecified atom stereocenters. The largest absolute Gasteiger partial charge is 0.356 e. The van der Waals surface area contributed by atoms with E-state index in [0.717, 1.165) is 38.9 Å². The average Bonchev–Trinajstić information content (AvgIpc) is 2.45. The lowest BCUT2D eigenvalue weighted by atomic mass is 10.0. The van der Waals surface area contributed by atoms with Crippen LogP contribution in [0.15, 0.2) is 0 Å². The zero-order valence-corrected chi connectivity index (χ0v) is 8.68. The molecule has 1 N–H and O–H groups in total. The molecule has 2 heterocycles. The van der Waals surface area contributed by atoms with E-state index in [0.29, 0.717) is 6.10 Å². The van der Waals surface area contributed by atoms with Crippen LogP contribution in [0.4, 0.5) is 0 Å². The monoisotopic (exact) mass is 184 g/mol. The van der Waals surface area contributed by atoms with Crippen LogP contribution in [-0.2, 0) is 4.74 Å². The average molecular weight is 184 g/mol. The number of rotatable bonds is 1. The number of ether oxygens (including phenoxy) is 1. The Morgan fingerprint density at radius 2 is 2.15 bits per heavy atom. The summed E-state index contributed by atoms with van der Waals surface area (Å²) in [6, 6.07) is 0. The molecule has 3 heteroatoms. The van der Waals surface area contributed by atoms with Gasteiger partial charge in [-0.15, -0.1) is 0 Å². The van der Waals surface area contributed by atoms with Crippen LogP contribution in [0, 0.1) is 0 Å². The van der Waals surface area contributed by atoms with Gasteiger partial charge in [-0.1, -0.05) is 6.92 Å². The number of hydrogen-bond acceptors (Lipinski definition) is 3. The van der Waals surface area contributed by atoms with Crippen LogP contribution in [0.3, 0.4) is 0 Å². The van der Waals surface area contributed by atoms with E-state index in [1.807, 2.05) is 0 Å². The van der Waals surface area contributed by atoms with Gasteiger partial charge in [0.15, 0.2) is 0 Å². The van der Waals surface area contributed by atoms with E-state index in [9.17, 15) is 0 Å². The first-order chi connectivity index (χ1) is 6.27. The maximum atomic E-state index is 6.14. The Morgan fingerprint density at radius 1 is 1.46 bits per heavy atom. The van der Waals surface area contributed by atoms with E-state index in [4.69, 9.17) is 4.74 Å². The Morgan fingerprint density at radius 3 is 2.69 bits per heavy atom. The van der Waals surface area contributed by atoms with E-state index >= 15 is 0 Å². The van der Waals surface area contributed by atoms with E-state index in [-0.39, 0.29) is 5.72 Å². The van der Waals surface area contributed by atoms with Gasteiger partial charge in [0.25, 0.3) is 0 Å². The van der Waals surface area contributed by atoms with Crippen LogP contribution < -0.4 is 5.32 Å². The molecule has 76 valence electrons. The van der Waals surface area contributed by atoms with Crippen LogP contribution in [-0.4, -0.2) is 43.4 Å². The molecule has 0 bridgehead atoms. The quantitative estimate of drug-likeness (QED) is 0.652. The summed E-state index contributed by atoms with van der Waals surface area (Å²) in [6.45, 7) is 5.51. The lowest BCUT2D eigenvalue weighted by Crippen LogP contribution is -2.50. The highest BCUT2D eigenvalue weighted by Crippen LogP contribution is 2.34. The second-order valence-corrected chi connectivity index (χ2v) is 4.22. The lowest BCUT2D eigenvalue weighted by Gasteiger charge is -2.38. The molecule has 0 radical (unpaired) electrons. The summed E-state index contributed by atoms with van der Waals surface area (Å²) >= 11 is 0. The molecule has 2 fully saturated rings. The third-order valence-electron chi connectivity index (χ3n) is 3.40. The van der Waals surface area contributed by atoms with Crippen molar-refractivity contribution < 1.29 is 4.74 Å². The van der Waals surface area contributed by atoms with Crippen LogP contribution in [0.2, 0.25) is 0 Å². The predicted octanol–water partition coefficient (Wildman–Crippen LogP) is 0.807. The minimum atomic E-state index is 0.0753. The molecule has 0 aromatic rings. The molecule has 1 spiro atoms. The van der Waals surface area contributed by atoms with Crippen molar-refractivity contribution in [1.29, 1.82) is 0 Å². The molecule has 0 aromatic heterocycles. The highest BCUT2D eigenvalue weighted by atomic mass is 16.5. The summed E-state index contributed by atoms with van der Waals surface area (Å²) in [5, 5.41) is 3.38. The smallest absolute Gasteiger partial charge is 0.124 e. The summed E-state index contributed by atoms with van der Waals surface area (Å²) in [7, 11) is 2.20. The highest BCUT2D eigenvalue weighted by Gasteiger charge is 2.44. The van der Waals surface area contributed by atoms with Gasteiger partial charge in [-0.25, -0.2) is 0 Å². The van der Waals surface area contributed by atoms with Crippen molar-refractivity contribution in [2.24, 2.45) is 0 Å². The SMILES string of the molecule is CCC1CN(C)C2(CCNCC2)O1. The van der Waals surface area contributed by atoms with Gasteiger partial charge in [-0.2, -0.15) is 0 Å². The molecular formula is C10H20N2O. The van der Waals surface area contributed by atoms with Crippen LogP contribution >= 0.6 is 0 Å². The Kier molecular flexibility index (Phi) is 2.58. The first kappa shape index (κ1) is 9.44. The molecule has 2 rings (SSSR count). The second-order valence-electron chi connectivity index (χ2n) is 4.22. The van der Waals surface area contributed by atoms with Crippen LogP contribution in [0.5, 0.6) is 0 Å². The highest BCUT2D eigenvalue weighted by molar-refractivity contribution is 4.91. The molecule has 0 aromatic carbocycles. The molecule has 0 aliphatic carbocycles. The Labute approximate surface area is 80.4 Å². The topological polar surface area (TPSA) is 24.5 Å². The molecule has 2 aliphatic heterocycles. The van der Waals surface area contributed by atoms with Crippen molar-refractivity contribution in [2.45, 2.75) is 38.0 Å². The fraction of sp³-hybridized carbons (Fsp3) is 1.00. The second kappa shape index (κ2) is 3.56. The molecule has 2 aliphatic rings. The van der Waals surface area contributed by atoms with E-state index < -0.39 is 0 Å². The number of nitrogens with one attached hydrogen (secondary N) is 1. The van der Waals surface area contributed by atoms with Crippen molar-refractivity contribution in [2.75, 3.05) is 26.7 Å². The molecule has 3 nitrogen and oxygen atoms in total. The summed E-state index contributed by atoms with van der Waals surface area (Å²) in [4.78, 5) is 2.40. The predicted molar refractivity (Wildman–Crippen MR) is 52.6 cm³/mol. The van der Waals surface area contributed by atoms with Gasteiger partial charge in [0.1, 0.15) is 5.72 Å². The summed E-state index contributed by atoms with van der Waals surface area (Å²) < 4.78 is 6.14. The number of likely N-dealkylation sites (N-methyl/N-ethyl adjacent to an activating group) is 1. The maximum absolute atomic E-state index is 6.14. The third kappa shape index (κ3) is 1.60. The Balaban J connectivity index is 2.04. The maximum Gasteiger partial charge on any atom is 0.124 e. The molecule has 0 saturated carbocycles. The normalized spacial score (nSPS) is 34.2. The van der Waals surface area contributed by atoms with Crippen molar-refractivity contribution >= 4 is 0 Å². The van der Waals surface area contributed by atoms with Crippen LogP contribution in [0.1, 0.15) is 26.2 Å². The Bertz CT molecular complexity index is 178. The zero-order valence-electron chi connectivity index (χ0n) is 8.68. The van der Waals surface area contributed by atoms with Crippen LogP contribution in [0.25, 0.3) is 0 Å². The fourth-order valence-corrected chi connectivity index (χ4v) is 2.44. The first-order valence-corrected chi connectivity index (χ1v) is 5.36. The minimum absolute atomic E-state index is 0.0753. The molecule has 0 amide bonds. The van der Waals surface area contributed by atoms with Gasteiger partial charge in [0, 0.05) is 19.4 Å². The molecule has 2 saturated heterocycles. The summed E-state index contributed by atoms with van der Waals surface area (Å²) in [5.41, 5.74) is 0.0753. The Hall–Kier alpha value is -0.120. The van der Waals surface area contributed by atoms with Crippen molar-refractivity contribution in [3.05, 3.63) is 0 Å². The summed E-state index contributed by atoms with van der Waals surface area (Å²) in [6.07, 6.45) is 3.88. The lowest BCUT2D eigenvalue weighted by molar-refractivity contribution is -0.115. The fourth-order valence-electron chi connectivity index (χ4n) is 2.44. The zero-order chi connectivity index (χ0) is 9.31. The minimum Gasteiger partial charge on any atom is -0.356 e. The van der Waals surface area contributed by atoms with Crippen molar-refractivity contribution in [1.82, 2.24) is 10.2 Å². The van der Waals surface area contributed by atoms with Gasteiger partial charge >= 0.3 is 0 Å². The standard InChI is InChI=1S/C10H20N2O/c1-3-9-8-12(2)10(13-9)4-6-11-7-5-10/h9,11H,3-8H2,1-2H3. The number of nitrogens with zero attached hydrogens (tertiary/aromatic N) is 1. The van der Waals surface area contributed by atoms with E-state index in [2.05, 4.69) is 24.2 Å². The molecular weight excluding hydrogens is 164 g/mol. The van der Waals surface area contributed by atoms with Gasteiger partial charge in [0.05, 0.1) is 6.10 Å². The number of piperidine rings is 1. The molecule has 13 heavy (non-hydrogen) atoms. The number of hydrogen-bond donors (Lipinski definition) is 1. The van der Waals surface area contributed by atoms with Crippen molar-refractivity contribution in [3.8, 4) is 0 Å². The first-order valence-electron chi connectivity index (χ1n) is 5.36.